The lowest BCUT2D eigenvalue weighted by molar-refractivity contribution is -0.424. The van der Waals surface area contributed by atoms with Crippen molar-refractivity contribution in [2.75, 3.05) is 16.8 Å². The van der Waals surface area contributed by atoms with E-state index >= 15 is 0 Å². The van der Waals surface area contributed by atoms with Gasteiger partial charge in [-0.15, -0.1) is 0 Å². The van der Waals surface area contributed by atoms with E-state index in [0.717, 1.165) is 0 Å². The summed E-state index contributed by atoms with van der Waals surface area (Å²) in [7, 11) is -7.37. The number of rotatable bonds is 4. The number of benzene rings is 1. The summed E-state index contributed by atoms with van der Waals surface area (Å²) < 4.78 is 45.1. The second-order valence-electron chi connectivity index (χ2n) is 4.41. The molecule has 1 aliphatic heterocycles. The van der Waals surface area contributed by atoms with Crippen LogP contribution in [-0.4, -0.2) is 33.3 Å². The topological polar surface area (TPSA) is 149 Å². The summed E-state index contributed by atoms with van der Waals surface area (Å²) in [6.45, 7) is 0. The molecule has 0 bridgehead atoms. The molecule has 11 heteroatoms. The van der Waals surface area contributed by atoms with Gasteiger partial charge in [0.05, 0.1) is 15.6 Å². The van der Waals surface area contributed by atoms with Crippen molar-refractivity contribution in [3.63, 3.8) is 0 Å². The van der Waals surface area contributed by atoms with Gasteiger partial charge in [0.2, 0.25) is 10.0 Å². The molecule has 0 saturated heterocycles. The van der Waals surface area contributed by atoms with Crippen LogP contribution in [0, 0.1) is 10.1 Å². The van der Waals surface area contributed by atoms with Crippen molar-refractivity contribution >= 4 is 25.5 Å². The minimum atomic E-state index is -3.83. The van der Waals surface area contributed by atoms with E-state index in [0.29, 0.717) is 5.69 Å². The van der Waals surface area contributed by atoms with Crippen LogP contribution in [0.4, 0.5) is 5.69 Å². The zero-order chi connectivity index (χ0) is 15.8. The Balaban J connectivity index is 2.29. The average Bonchev–Trinajstić information content (AvgIpc) is 2.64. The van der Waals surface area contributed by atoms with Crippen LogP contribution in [0.15, 0.2) is 40.6 Å². The van der Waals surface area contributed by atoms with Gasteiger partial charge >= 0.3 is 0 Å². The van der Waals surface area contributed by atoms with Crippen LogP contribution < -0.4 is 10.5 Å². The molecule has 0 aliphatic carbocycles. The summed E-state index contributed by atoms with van der Waals surface area (Å²) in [5.41, 5.74) is -0.109. The predicted octanol–water partition coefficient (Wildman–Crippen LogP) is -0.337. The number of hydrogen-bond donors (Lipinski definition) is 2. The Morgan fingerprint density at radius 1 is 1.19 bits per heavy atom. The average molecular weight is 333 g/mol. The molecule has 2 rings (SSSR count). The summed E-state index contributed by atoms with van der Waals surface area (Å²) in [6, 6.07) is 5.12. The van der Waals surface area contributed by atoms with Crippen LogP contribution in [0.25, 0.3) is 0 Å². The molecular weight excluding hydrogens is 322 g/mol. The van der Waals surface area contributed by atoms with E-state index in [1.807, 2.05) is 0 Å². The summed E-state index contributed by atoms with van der Waals surface area (Å²) in [5.74, 6) is -1.09. The molecule has 0 spiro atoms. The van der Waals surface area contributed by atoms with Crippen molar-refractivity contribution in [1.82, 2.24) is 0 Å². The Morgan fingerprint density at radius 3 is 2.24 bits per heavy atom. The molecule has 21 heavy (non-hydrogen) atoms. The summed E-state index contributed by atoms with van der Waals surface area (Å²) in [4.78, 5) is 9.96. The molecule has 1 aromatic carbocycles. The molecule has 3 N–H and O–H groups in total. The Labute approximate surface area is 120 Å². The lowest BCUT2D eigenvalue weighted by atomic mass is 10.3. The third kappa shape index (κ3) is 3.56. The number of nitrogens with two attached hydrogens (primary N) is 1. The van der Waals surface area contributed by atoms with Crippen LogP contribution in [0.1, 0.15) is 0 Å². The van der Waals surface area contributed by atoms with Gasteiger partial charge in [-0.3, -0.25) is 10.1 Å². The predicted molar refractivity (Wildman–Crippen MR) is 74.1 cm³/mol. The standard InChI is InChI=1S/C10H11N3O6S2/c11-21(18,19)8-3-1-7(2-4-8)12-9-5-20(16,17)6-10(9)13(14)15/h1-4,12H,5-6H2,(H2,11,18,19). The maximum absolute atomic E-state index is 11.4. The minimum absolute atomic E-state index is 0.0247. The van der Waals surface area contributed by atoms with Gasteiger partial charge in [-0.05, 0) is 24.3 Å². The first-order valence-corrected chi connectivity index (χ1v) is 8.92. The molecule has 114 valence electrons. The van der Waals surface area contributed by atoms with E-state index in [-0.39, 0.29) is 10.6 Å². The van der Waals surface area contributed by atoms with Gasteiger partial charge in [0.15, 0.2) is 9.84 Å². The normalized spacial score (nSPS) is 17.8. The fraction of sp³-hybridized carbons (Fsp3) is 0.200. The maximum Gasteiger partial charge on any atom is 0.281 e. The summed E-state index contributed by atoms with van der Waals surface area (Å²) in [6.07, 6.45) is 0. The Morgan fingerprint density at radius 2 is 1.76 bits per heavy atom. The number of nitrogens with one attached hydrogen (secondary N) is 1. The quantitative estimate of drug-likeness (QED) is 0.565. The molecule has 1 heterocycles. The van der Waals surface area contributed by atoms with Gasteiger partial charge < -0.3 is 5.32 Å². The number of sulfone groups is 1. The lowest BCUT2D eigenvalue weighted by Gasteiger charge is -2.06. The Kier molecular flexibility index (Phi) is 3.74. The van der Waals surface area contributed by atoms with E-state index in [1.54, 1.807) is 0 Å². The van der Waals surface area contributed by atoms with Crippen molar-refractivity contribution in [2.45, 2.75) is 4.90 Å². The van der Waals surface area contributed by atoms with Crippen molar-refractivity contribution in [2.24, 2.45) is 5.14 Å². The molecule has 0 fully saturated rings. The van der Waals surface area contributed by atoms with Crippen molar-refractivity contribution < 1.29 is 21.8 Å². The highest BCUT2D eigenvalue weighted by molar-refractivity contribution is 7.92. The first-order chi connectivity index (χ1) is 9.58. The Hall–Kier alpha value is -1.98. The third-order valence-corrected chi connectivity index (χ3v) is 5.14. The molecule has 0 unspecified atom stereocenters. The highest BCUT2D eigenvalue weighted by atomic mass is 32.2. The van der Waals surface area contributed by atoms with E-state index < -0.39 is 42.0 Å². The highest BCUT2D eigenvalue weighted by Crippen LogP contribution is 2.23. The molecule has 0 amide bonds. The van der Waals surface area contributed by atoms with Crippen LogP contribution in [0.5, 0.6) is 0 Å². The molecule has 1 aliphatic rings. The molecule has 9 nitrogen and oxygen atoms in total. The van der Waals surface area contributed by atoms with Crippen LogP contribution in [0.2, 0.25) is 0 Å². The smallest absolute Gasteiger partial charge is 0.281 e. The largest absolute Gasteiger partial charge is 0.353 e. The first kappa shape index (κ1) is 15.4. The van der Waals surface area contributed by atoms with Gasteiger partial charge in [-0.25, -0.2) is 22.0 Å². The van der Waals surface area contributed by atoms with Gasteiger partial charge in [-0.1, -0.05) is 0 Å². The lowest BCUT2D eigenvalue weighted by Crippen LogP contribution is -2.12. The van der Waals surface area contributed by atoms with E-state index in [2.05, 4.69) is 5.32 Å². The summed E-state index contributed by atoms with van der Waals surface area (Å²) in [5, 5.41) is 18.4. The molecule has 1 aromatic rings. The monoisotopic (exact) mass is 333 g/mol. The van der Waals surface area contributed by atoms with Crippen LogP contribution in [-0.2, 0) is 19.9 Å². The molecule has 0 aromatic heterocycles. The van der Waals surface area contributed by atoms with Crippen molar-refractivity contribution in [1.29, 1.82) is 0 Å². The number of nitro groups is 1. The van der Waals surface area contributed by atoms with Crippen LogP contribution in [0.3, 0.4) is 0 Å². The SMILES string of the molecule is NS(=O)(=O)c1ccc(NC2=C([N+](=O)[O-])CS(=O)(=O)C2)cc1. The zero-order valence-electron chi connectivity index (χ0n) is 10.5. The fourth-order valence-electron chi connectivity index (χ4n) is 1.82. The highest BCUT2D eigenvalue weighted by Gasteiger charge is 2.35. The minimum Gasteiger partial charge on any atom is -0.353 e. The zero-order valence-corrected chi connectivity index (χ0v) is 12.1. The second-order valence-corrected chi connectivity index (χ2v) is 8.03. The number of primary sulfonamides is 1. The van der Waals surface area contributed by atoms with E-state index in [1.165, 1.54) is 24.3 Å². The second kappa shape index (κ2) is 5.09. The van der Waals surface area contributed by atoms with Crippen LogP contribution >= 0.6 is 0 Å². The van der Waals surface area contributed by atoms with Gasteiger partial charge in [-0.2, -0.15) is 0 Å². The maximum atomic E-state index is 11.4. The molecular formula is C10H11N3O6S2. The third-order valence-electron chi connectivity index (χ3n) is 2.77. The molecule has 0 atom stereocenters. The van der Waals surface area contributed by atoms with Crippen molar-refractivity contribution in [3.05, 3.63) is 45.8 Å². The van der Waals surface area contributed by atoms with Crippen molar-refractivity contribution in [3.8, 4) is 0 Å². The fourth-order valence-corrected chi connectivity index (χ4v) is 3.82. The van der Waals surface area contributed by atoms with E-state index in [4.69, 9.17) is 5.14 Å². The van der Waals surface area contributed by atoms with Gasteiger partial charge in [0.1, 0.15) is 11.4 Å². The first-order valence-electron chi connectivity index (χ1n) is 5.55. The molecule has 0 saturated carbocycles. The van der Waals surface area contributed by atoms with E-state index in [9.17, 15) is 26.9 Å². The number of anilines is 1. The summed E-state index contributed by atoms with van der Waals surface area (Å²) >= 11 is 0. The van der Waals surface area contributed by atoms with Gasteiger partial charge in [0.25, 0.3) is 5.70 Å². The molecule has 0 radical (unpaired) electrons. The number of hydrogen-bond acceptors (Lipinski definition) is 7. The number of nitrogens with zero attached hydrogens (tertiary/aromatic N) is 1. The number of sulfonamides is 1. The van der Waals surface area contributed by atoms with Gasteiger partial charge in [0, 0.05) is 5.69 Å². The Bertz CT molecular complexity index is 824.